The smallest absolute Gasteiger partial charge is 0.257 e. The number of benzene rings is 1. The van der Waals surface area contributed by atoms with Crippen molar-refractivity contribution in [3.05, 3.63) is 46.1 Å². The summed E-state index contributed by atoms with van der Waals surface area (Å²) in [6, 6.07) is 6.40. The van der Waals surface area contributed by atoms with Crippen LogP contribution >= 0.6 is 23.2 Å². The average molecular weight is 369 g/mol. The van der Waals surface area contributed by atoms with E-state index in [2.05, 4.69) is 10.3 Å². The number of carbonyl (C=O) groups excluding carboxylic acids is 1. The highest BCUT2D eigenvalue weighted by Gasteiger charge is 2.16. The van der Waals surface area contributed by atoms with E-state index in [9.17, 15) is 4.79 Å². The first-order chi connectivity index (χ1) is 11.5. The lowest BCUT2D eigenvalue weighted by Crippen LogP contribution is -2.13. The number of amides is 1. The Morgan fingerprint density at radius 1 is 1.21 bits per heavy atom. The van der Waals surface area contributed by atoms with Crippen LogP contribution in [0.15, 0.2) is 30.5 Å². The van der Waals surface area contributed by atoms with E-state index < -0.39 is 0 Å². The third kappa shape index (κ3) is 4.76. The Balaban J connectivity index is 2.25. The fraction of sp³-hybridized carbons (Fsp3) is 0.294. The van der Waals surface area contributed by atoms with E-state index in [-0.39, 0.29) is 5.91 Å². The third-order valence-electron chi connectivity index (χ3n) is 2.99. The van der Waals surface area contributed by atoms with Gasteiger partial charge in [-0.2, -0.15) is 0 Å². The summed E-state index contributed by atoms with van der Waals surface area (Å²) in [7, 11) is 0. The summed E-state index contributed by atoms with van der Waals surface area (Å²) >= 11 is 12.0. The largest absolute Gasteiger partial charge is 0.490 e. The van der Waals surface area contributed by atoms with Crippen LogP contribution in [0.1, 0.15) is 30.6 Å². The van der Waals surface area contributed by atoms with Crippen LogP contribution in [0.3, 0.4) is 0 Å². The van der Waals surface area contributed by atoms with Crippen LogP contribution < -0.4 is 14.8 Å². The number of nitrogens with one attached hydrogen (secondary N) is 1. The summed E-state index contributed by atoms with van der Waals surface area (Å²) in [5, 5.41) is 3.50. The summed E-state index contributed by atoms with van der Waals surface area (Å²) in [5.74, 6) is 0.925. The molecule has 128 valence electrons. The number of ether oxygens (including phenoxy) is 2. The molecule has 0 radical (unpaired) electrons. The second-order valence-electron chi connectivity index (χ2n) is 4.88. The molecule has 0 atom stereocenters. The Labute approximate surface area is 150 Å². The number of rotatable bonds is 7. The Morgan fingerprint density at radius 3 is 2.62 bits per heavy atom. The highest BCUT2D eigenvalue weighted by Crippen LogP contribution is 2.37. The monoisotopic (exact) mass is 368 g/mol. The first kappa shape index (κ1) is 18.4. The molecule has 0 aliphatic heterocycles. The summed E-state index contributed by atoms with van der Waals surface area (Å²) in [5.41, 5.74) is 0.351. The second kappa shape index (κ2) is 8.76. The van der Waals surface area contributed by atoms with Crippen LogP contribution in [0.25, 0.3) is 0 Å². The number of carbonyl (C=O) groups is 1. The predicted molar refractivity (Wildman–Crippen MR) is 95.6 cm³/mol. The lowest BCUT2D eigenvalue weighted by molar-refractivity contribution is 0.102. The van der Waals surface area contributed by atoms with Crippen LogP contribution in [0.2, 0.25) is 10.0 Å². The molecule has 0 spiro atoms. The second-order valence-corrected chi connectivity index (χ2v) is 5.73. The molecule has 0 bridgehead atoms. The molecule has 0 aliphatic carbocycles. The van der Waals surface area contributed by atoms with Gasteiger partial charge in [0.2, 0.25) is 0 Å². The van der Waals surface area contributed by atoms with Crippen molar-refractivity contribution in [3.63, 3.8) is 0 Å². The molecule has 1 aromatic heterocycles. The van der Waals surface area contributed by atoms with Crippen molar-refractivity contribution in [2.24, 2.45) is 0 Å². The molecule has 2 aromatic rings. The summed E-state index contributed by atoms with van der Waals surface area (Å²) in [6.45, 7) is 4.79. The van der Waals surface area contributed by atoms with Crippen LogP contribution in [0.5, 0.6) is 11.5 Å². The van der Waals surface area contributed by atoms with E-state index in [1.54, 1.807) is 24.3 Å². The molecule has 7 heteroatoms. The van der Waals surface area contributed by atoms with Crippen molar-refractivity contribution in [1.82, 2.24) is 4.98 Å². The van der Waals surface area contributed by atoms with Crippen molar-refractivity contribution in [2.75, 3.05) is 18.5 Å². The van der Waals surface area contributed by atoms with Gasteiger partial charge in [0.05, 0.1) is 23.3 Å². The molecule has 24 heavy (non-hydrogen) atoms. The maximum Gasteiger partial charge on any atom is 0.257 e. The van der Waals surface area contributed by atoms with Crippen LogP contribution in [-0.4, -0.2) is 24.1 Å². The zero-order valence-corrected chi connectivity index (χ0v) is 14.9. The van der Waals surface area contributed by atoms with Gasteiger partial charge >= 0.3 is 0 Å². The van der Waals surface area contributed by atoms with E-state index in [0.29, 0.717) is 46.1 Å². The first-order valence-corrected chi connectivity index (χ1v) is 8.32. The molecule has 0 unspecified atom stereocenters. The molecule has 1 amide bonds. The van der Waals surface area contributed by atoms with Gasteiger partial charge in [0.15, 0.2) is 11.5 Å². The Kier molecular flexibility index (Phi) is 6.70. The Hall–Kier alpha value is -1.98. The third-order valence-corrected chi connectivity index (χ3v) is 3.50. The molecule has 1 heterocycles. The van der Waals surface area contributed by atoms with E-state index >= 15 is 0 Å². The van der Waals surface area contributed by atoms with Gasteiger partial charge in [-0.25, -0.2) is 4.98 Å². The standard InChI is InChI=1S/C17H18Cl2N2O3/c1-3-7-24-16-13(19)8-11(9-14(16)23-4-2)17(22)21-15-6-5-12(18)10-20-15/h5-6,8-10H,3-4,7H2,1-2H3,(H,20,21,22). The maximum absolute atomic E-state index is 12.4. The SMILES string of the molecule is CCCOc1c(Cl)cc(C(=O)Nc2ccc(Cl)cn2)cc1OCC. The molecule has 0 saturated heterocycles. The minimum absolute atomic E-state index is 0.323. The maximum atomic E-state index is 12.4. The van der Waals surface area contributed by atoms with Gasteiger partial charge in [-0.3, -0.25) is 4.79 Å². The molecule has 1 aromatic carbocycles. The number of pyridine rings is 1. The van der Waals surface area contributed by atoms with Crippen LogP contribution in [-0.2, 0) is 0 Å². The number of aromatic nitrogens is 1. The molecule has 0 aliphatic rings. The predicted octanol–water partition coefficient (Wildman–Crippen LogP) is 4.83. The number of nitrogens with zero attached hydrogens (tertiary/aromatic N) is 1. The van der Waals surface area contributed by atoms with Gasteiger partial charge in [0.25, 0.3) is 5.91 Å². The minimum Gasteiger partial charge on any atom is -0.490 e. The van der Waals surface area contributed by atoms with Gasteiger partial charge in [0, 0.05) is 11.8 Å². The summed E-state index contributed by atoms with van der Waals surface area (Å²) in [6.07, 6.45) is 2.30. The highest BCUT2D eigenvalue weighted by atomic mass is 35.5. The lowest BCUT2D eigenvalue weighted by Gasteiger charge is -2.14. The average Bonchev–Trinajstić information content (AvgIpc) is 2.56. The first-order valence-electron chi connectivity index (χ1n) is 7.57. The van der Waals surface area contributed by atoms with Crippen LogP contribution in [0.4, 0.5) is 5.82 Å². The van der Waals surface area contributed by atoms with Gasteiger partial charge < -0.3 is 14.8 Å². The summed E-state index contributed by atoms with van der Waals surface area (Å²) < 4.78 is 11.2. The Bertz CT molecular complexity index is 706. The zero-order valence-electron chi connectivity index (χ0n) is 13.4. The van der Waals surface area contributed by atoms with Gasteiger partial charge in [-0.15, -0.1) is 0 Å². The van der Waals surface area contributed by atoms with Crippen molar-refractivity contribution >= 4 is 34.9 Å². The molecule has 0 fully saturated rings. The van der Waals surface area contributed by atoms with Gasteiger partial charge in [0.1, 0.15) is 5.82 Å². The molecular formula is C17H18Cl2N2O3. The quantitative estimate of drug-likeness (QED) is 0.760. The van der Waals surface area contributed by atoms with E-state index in [0.717, 1.165) is 6.42 Å². The van der Waals surface area contributed by atoms with Crippen molar-refractivity contribution in [2.45, 2.75) is 20.3 Å². The number of anilines is 1. The molecular weight excluding hydrogens is 351 g/mol. The normalized spacial score (nSPS) is 10.3. The fourth-order valence-corrected chi connectivity index (χ4v) is 2.32. The Morgan fingerprint density at radius 2 is 2.00 bits per heavy atom. The molecule has 1 N–H and O–H groups in total. The number of halogens is 2. The summed E-state index contributed by atoms with van der Waals surface area (Å²) in [4.78, 5) is 16.4. The number of hydrogen-bond acceptors (Lipinski definition) is 4. The van der Waals surface area contributed by atoms with E-state index in [1.165, 1.54) is 6.20 Å². The van der Waals surface area contributed by atoms with Crippen molar-refractivity contribution in [1.29, 1.82) is 0 Å². The topological polar surface area (TPSA) is 60.5 Å². The van der Waals surface area contributed by atoms with Gasteiger partial charge in [-0.1, -0.05) is 30.1 Å². The zero-order chi connectivity index (χ0) is 17.5. The van der Waals surface area contributed by atoms with E-state index in [4.69, 9.17) is 32.7 Å². The van der Waals surface area contributed by atoms with Crippen molar-refractivity contribution in [3.8, 4) is 11.5 Å². The molecule has 5 nitrogen and oxygen atoms in total. The highest BCUT2D eigenvalue weighted by molar-refractivity contribution is 6.33. The lowest BCUT2D eigenvalue weighted by atomic mass is 10.2. The molecule has 2 rings (SSSR count). The van der Waals surface area contributed by atoms with Crippen molar-refractivity contribution < 1.29 is 14.3 Å². The molecule has 0 saturated carbocycles. The van der Waals surface area contributed by atoms with E-state index in [1.807, 2.05) is 13.8 Å². The fourth-order valence-electron chi connectivity index (χ4n) is 1.94. The minimum atomic E-state index is -0.352. The van der Waals surface area contributed by atoms with Gasteiger partial charge in [-0.05, 0) is 37.6 Å². The van der Waals surface area contributed by atoms with Crippen LogP contribution in [0, 0.1) is 0 Å². The number of hydrogen-bond donors (Lipinski definition) is 1.